The molecule has 3 fully saturated rings. The molecule has 112 valence electrons. The number of piperidine rings is 3. The third kappa shape index (κ3) is 3.45. The zero-order chi connectivity index (χ0) is 14.7. The van der Waals surface area contributed by atoms with Crippen LogP contribution in [0.25, 0.3) is 6.08 Å². The normalized spacial score (nSPS) is 27.8. The summed E-state index contributed by atoms with van der Waals surface area (Å²) >= 11 is 0. The van der Waals surface area contributed by atoms with Crippen LogP contribution in [0.2, 0.25) is 0 Å². The highest BCUT2D eigenvalue weighted by Crippen LogP contribution is 2.27. The molecule has 2 N–H and O–H groups in total. The summed E-state index contributed by atoms with van der Waals surface area (Å²) in [5.41, 5.74) is 2.11. The Morgan fingerprint density at radius 3 is 2.52 bits per heavy atom. The highest BCUT2D eigenvalue weighted by atomic mass is 16.1. The Bertz CT molecular complexity index is 515. The average molecular weight is 285 g/mol. The van der Waals surface area contributed by atoms with Crippen LogP contribution < -0.4 is 10.6 Å². The van der Waals surface area contributed by atoms with E-state index in [0.29, 0.717) is 12.0 Å². The van der Waals surface area contributed by atoms with E-state index < -0.39 is 0 Å². The number of nitrogens with one attached hydrogen (secondary N) is 2. The van der Waals surface area contributed by atoms with Gasteiger partial charge in [0.05, 0.1) is 0 Å². The van der Waals surface area contributed by atoms with E-state index in [4.69, 9.17) is 0 Å². The van der Waals surface area contributed by atoms with Gasteiger partial charge in [0.1, 0.15) is 0 Å². The molecule has 1 aromatic carbocycles. The molecule has 0 aliphatic carbocycles. The van der Waals surface area contributed by atoms with Gasteiger partial charge in [-0.15, -0.1) is 0 Å². The first-order valence-electron chi connectivity index (χ1n) is 7.73. The first kappa shape index (κ1) is 14.1. The SMILES string of the molecule is CNc1ccc(C=CC(=O)NC2CN3CCC2CC3)cc1. The van der Waals surface area contributed by atoms with E-state index in [1.54, 1.807) is 6.08 Å². The number of hydrogen-bond acceptors (Lipinski definition) is 3. The Morgan fingerprint density at radius 1 is 1.24 bits per heavy atom. The van der Waals surface area contributed by atoms with Crippen molar-refractivity contribution in [2.75, 3.05) is 32.0 Å². The van der Waals surface area contributed by atoms with Gasteiger partial charge in [-0.1, -0.05) is 12.1 Å². The molecular weight excluding hydrogens is 262 g/mol. The average Bonchev–Trinajstić information content (AvgIpc) is 2.54. The van der Waals surface area contributed by atoms with Crippen LogP contribution >= 0.6 is 0 Å². The van der Waals surface area contributed by atoms with E-state index in [0.717, 1.165) is 17.8 Å². The van der Waals surface area contributed by atoms with Crippen LogP contribution in [0, 0.1) is 5.92 Å². The molecule has 3 heterocycles. The number of rotatable bonds is 4. The van der Waals surface area contributed by atoms with E-state index >= 15 is 0 Å². The number of carbonyl (C=O) groups is 1. The van der Waals surface area contributed by atoms with Gasteiger partial charge in [0, 0.05) is 31.4 Å². The van der Waals surface area contributed by atoms with Crippen molar-refractivity contribution in [1.82, 2.24) is 10.2 Å². The number of carbonyl (C=O) groups excluding carboxylic acids is 1. The summed E-state index contributed by atoms with van der Waals surface area (Å²) in [6.07, 6.45) is 5.96. The second kappa shape index (κ2) is 6.31. The van der Waals surface area contributed by atoms with Crippen molar-refractivity contribution in [2.45, 2.75) is 18.9 Å². The van der Waals surface area contributed by atoms with Crippen molar-refractivity contribution in [3.63, 3.8) is 0 Å². The lowest BCUT2D eigenvalue weighted by molar-refractivity contribution is -0.118. The molecule has 1 aromatic rings. The fraction of sp³-hybridized carbons (Fsp3) is 0.471. The second-order valence-electron chi connectivity index (χ2n) is 5.96. The summed E-state index contributed by atoms with van der Waals surface area (Å²) in [6, 6.07) is 8.35. The maximum absolute atomic E-state index is 12.1. The molecule has 0 spiro atoms. The summed E-state index contributed by atoms with van der Waals surface area (Å²) in [4.78, 5) is 14.5. The Morgan fingerprint density at radius 2 is 1.95 bits per heavy atom. The number of amides is 1. The first-order chi connectivity index (χ1) is 10.2. The van der Waals surface area contributed by atoms with Crippen LogP contribution in [0.5, 0.6) is 0 Å². The van der Waals surface area contributed by atoms with Crippen LogP contribution in [0.15, 0.2) is 30.3 Å². The third-order valence-corrected chi connectivity index (χ3v) is 4.61. The van der Waals surface area contributed by atoms with Gasteiger partial charge in [0.25, 0.3) is 0 Å². The fourth-order valence-electron chi connectivity index (χ4n) is 3.29. The van der Waals surface area contributed by atoms with E-state index in [-0.39, 0.29) is 5.91 Å². The Kier molecular flexibility index (Phi) is 4.25. The van der Waals surface area contributed by atoms with E-state index in [9.17, 15) is 4.79 Å². The molecule has 0 radical (unpaired) electrons. The van der Waals surface area contributed by atoms with Gasteiger partial charge in [-0.25, -0.2) is 0 Å². The van der Waals surface area contributed by atoms with Gasteiger partial charge < -0.3 is 15.5 Å². The number of fused-ring (bicyclic) bond motifs is 3. The highest BCUT2D eigenvalue weighted by molar-refractivity contribution is 5.92. The van der Waals surface area contributed by atoms with Crippen molar-refractivity contribution in [2.24, 2.45) is 5.92 Å². The van der Waals surface area contributed by atoms with Crippen LogP contribution in [-0.4, -0.2) is 43.5 Å². The number of benzene rings is 1. The van der Waals surface area contributed by atoms with Gasteiger partial charge in [-0.2, -0.15) is 0 Å². The van der Waals surface area contributed by atoms with Gasteiger partial charge in [0.2, 0.25) is 5.91 Å². The van der Waals surface area contributed by atoms with Crippen molar-refractivity contribution >= 4 is 17.7 Å². The molecule has 4 rings (SSSR count). The molecule has 21 heavy (non-hydrogen) atoms. The lowest BCUT2D eigenvalue weighted by atomic mass is 9.84. The third-order valence-electron chi connectivity index (χ3n) is 4.61. The van der Waals surface area contributed by atoms with Gasteiger partial charge in [-0.3, -0.25) is 4.79 Å². The summed E-state index contributed by atoms with van der Waals surface area (Å²) in [5.74, 6) is 0.689. The minimum absolute atomic E-state index is 0.0199. The lowest BCUT2D eigenvalue weighted by Gasteiger charge is -2.44. The zero-order valence-electron chi connectivity index (χ0n) is 12.5. The molecule has 4 heteroatoms. The molecule has 4 nitrogen and oxygen atoms in total. The number of hydrogen-bond donors (Lipinski definition) is 2. The predicted molar refractivity (Wildman–Crippen MR) is 86.1 cm³/mol. The van der Waals surface area contributed by atoms with Gasteiger partial charge >= 0.3 is 0 Å². The van der Waals surface area contributed by atoms with Crippen molar-refractivity contribution in [3.8, 4) is 0 Å². The zero-order valence-corrected chi connectivity index (χ0v) is 12.5. The molecule has 3 aliphatic rings. The van der Waals surface area contributed by atoms with Crippen molar-refractivity contribution in [3.05, 3.63) is 35.9 Å². The maximum atomic E-state index is 12.1. The molecule has 1 unspecified atom stereocenters. The summed E-state index contributed by atoms with van der Waals surface area (Å²) in [6.45, 7) is 3.41. The first-order valence-corrected chi connectivity index (χ1v) is 7.73. The van der Waals surface area contributed by atoms with Crippen molar-refractivity contribution < 1.29 is 4.79 Å². The van der Waals surface area contributed by atoms with E-state index in [1.807, 2.05) is 37.4 Å². The Balaban J connectivity index is 1.54. The number of anilines is 1. The van der Waals surface area contributed by atoms with Crippen LogP contribution in [0.1, 0.15) is 18.4 Å². The molecule has 0 saturated carbocycles. The summed E-state index contributed by atoms with van der Waals surface area (Å²) in [7, 11) is 1.90. The highest BCUT2D eigenvalue weighted by Gasteiger charge is 2.34. The van der Waals surface area contributed by atoms with E-state index in [1.165, 1.54) is 25.9 Å². The van der Waals surface area contributed by atoms with Crippen LogP contribution in [0.3, 0.4) is 0 Å². The fourth-order valence-corrected chi connectivity index (χ4v) is 3.29. The maximum Gasteiger partial charge on any atom is 0.244 e. The Hall–Kier alpha value is -1.81. The van der Waals surface area contributed by atoms with Gasteiger partial charge in [-0.05, 0) is 55.6 Å². The summed E-state index contributed by atoms with van der Waals surface area (Å²) < 4.78 is 0. The topological polar surface area (TPSA) is 44.4 Å². The molecule has 3 aliphatic heterocycles. The molecule has 2 bridgehead atoms. The van der Waals surface area contributed by atoms with Gasteiger partial charge in [0.15, 0.2) is 0 Å². The molecule has 1 amide bonds. The smallest absolute Gasteiger partial charge is 0.244 e. The quantitative estimate of drug-likeness (QED) is 0.831. The van der Waals surface area contributed by atoms with Crippen LogP contribution in [0.4, 0.5) is 5.69 Å². The standard InChI is InChI=1S/C17H23N3O/c1-18-15-5-2-13(3-6-15)4-7-17(21)19-16-12-20-10-8-14(16)9-11-20/h2-7,14,16,18H,8-12H2,1H3,(H,19,21). The second-order valence-corrected chi connectivity index (χ2v) is 5.96. The largest absolute Gasteiger partial charge is 0.388 e. The van der Waals surface area contributed by atoms with E-state index in [2.05, 4.69) is 15.5 Å². The monoisotopic (exact) mass is 285 g/mol. The van der Waals surface area contributed by atoms with Crippen molar-refractivity contribution in [1.29, 1.82) is 0 Å². The van der Waals surface area contributed by atoms with Crippen LogP contribution in [-0.2, 0) is 4.79 Å². The number of nitrogens with zero attached hydrogens (tertiary/aromatic N) is 1. The minimum atomic E-state index is 0.0199. The summed E-state index contributed by atoms with van der Waals surface area (Å²) in [5, 5.41) is 6.24. The minimum Gasteiger partial charge on any atom is -0.388 e. The lowest BCUT2D eigenvalue weighted by Crippen LogP contribution is -2.57. The predicted octanol–water partition coefficient (Wildman–Crippen LogP) is 1.95. The molecule has 0 aromatic heterocycles. The molecule has 3 saturated heterocycles. The molecule has 1 atom stereocenters. The molecular formula is C17H23N3O. The Labute approximate surface area is 126 Å².